The van der Waals surface area contributed by atoms with Crippen molar-refractivity contribution in [3.63, 3.8) is 0 Å². The number of pyridine rings is 1. The van der Waals surface area contributed by atoms with E-state index in [-0.39, 0.29) is 5.91 Å². The lowest BCUT2D eigenvalue weighted by molar-refractivity contribution is -0.122. The van der Waals surface area contributed by atoms with Gasteiger partial charge in [0.15, 0.2) is 0 Å². The third-order valence-corrected chi connectivity index (χ3v) is 4.04. The van der Waals surface area contributed by atoms with Crippen LogP contribution >= 0.6 is 0 Å². The maximum Gasteiger partial charge on any atom is 0.229 e. The average Bonchev–Trinajstić information content (AvgIpc) is 2.54. The van der Waals surface area contributed by atoms with Crippen molar-refractivity contribution in [2.45, 2.75) is 19.3 Å². The number of primary amides is 1. The van der Waals surface area contributed by atoms with Crippen molar-refractivity contribution in [2.75, 3.05) is 0 Å². The van der Waals surface area contributed by atoms with Gasteiger partial charge in [-0.3, -0.25) is 9.78 Å². The van der Waals surface area contributed by atoms with Crippen LogP contribution in [-0.2, 0) is 10.2 Å². The van der Waals surface area contributed by atoms with Crippen LogP contribution in [0.5, 0.6) is 0 Å². The molecule has 3 heteroatoms. The minimum Gasteiger partial charge on any atom is -0.369 e. The van der Waals surface area contributed by atoms with Crippen LogP contribution in [0.1, 0.15) is 19.5 Å². The maximum absolute atomic E-state index is 11.8. The molecule has 2 N–H and O–H groups in total. The Morgan fingerprint density at radius 1 is 1.00 bits per heavy atom. The molecular formula is C19H18N2O. The van der Waals surface area contributed by atoms with Crippen molar-refractivity contribution in [3.8, 4) is 11.3 Å². The van der Waals surface area contributed by atoms with Gasteiger partial charge in [0.05, 0.1) is 16.8 Å². The lowest BCUT2D eigenvalue weighted by atomic mass is 9.86. The minimum atomic E-state index is -0.812. The summed E-state index contributed by atoms with van der Waals surface area (Å²) in [6.07, 6.45) is 0. The van der Waals surface area contributed by atoms with E-state index < -0.39 is 5.41 Å². The zero-order chi connectivity index (χ0) is 15.7. The predicted molar refractivity (Wildman–Crippen MR) is 89.4 cm³/mol. The number of nitrogens with two attached hydrogens (primary N) is 1. The van der Waals surface area contributed by atoms with Crippen molar-refractivity contribution in [2.24, 2.45) is 5.73 Å². The third kappa shape index (κ3) is 2.35. The van der Waals surface area contributed by atoms with Gasteiger partial charge in [0.1, 0.15) is 0 Å². The van der Waals surface area contributed by atoms with E-state index in [1.807, 2.05) is 60.7 Å². The molecule has 2 aromatic carbocycles. The van der Waals surface area contributed by atoms with Crippen LogP contribution in [0.15, 0.2) is 60.7 Å². The first-order valence-corrected chi connectivity index (χ1v) is 7.26. The molecule has 3 aromatic rings. The molecular weight excluding hydrogens is 272 g/mol. The Morgan fingerprint density at radius 3 is 2.32 bits per heavy atom. The standard InChI is InChI=1S/C19H18N2O/c1-19(2,18(20)22)16-12-14-10-6-7-11-15(14)17(21-16)13-8-4-3-5-9-13/h3-12H,1-2H3,(H2,20,22). The summed E-state index contributed by atoms with van der Waals surface area (Å²) in [5.74, 6) is -0.380. The van der Waals surface area contributed by atoms with E-state index in [0.717, 1.165) is 22.0 Å². The monoisotopic (exact) mass is 290 g/mol. The van der Waals surface area contributed by atoms with Gasteiger partial charge in [-0.25, -0.2) is 0 Å². The summed E-state index contributed by atoms with van der Waals surface area (Å²) in [5, 5.41) is 2.12. The molecule has 0 saturated carbocycles. The minimum absolute atomic E-state index is 0.380. The number of carbonyl (C=O) groups excluding carboxylic acids is 1. The number of fused-ring (bicyclic) bond motifs is 1. The van der Waals surface area contributed by atoms with Crippen molar-refractivity contribution in [1.29, 1.82) is 0 Å². The van der Waals surface area contributed by atoms with Crippen LogP contribution < -0.4 is 5.73 Å². The van der Waals surface area contributed by atoms with Crippen molar-refractivity contribution >= 4 is 16.7 Å². The molecule has 0 radical (unpaired) electrons. The molecule has 3 rings (SSSR count). The molecule has 1 aromatic heterocycles. The topological polar surface area (TPSA) is 56.0 Å². The number of nitrogens with zero attached hydrogens (tertiary/aromatic N) is 1. The Morgan fingerprint density at radius 2 is 1.64 bits per heavy atom. The number of rotatable bonds is 3. The van der Waals surface area contributed by atoms with Crippen LogP contribution in [0.2, 0.25) is 0 Å². The Labute approximate surface area is 129 Å². The molecule has 1 heterocycles. The van der Waals surface area contributed by atoms with E-state index in [4.69, 9.17) is 10.7 Å². The second-order valence-electron chi connectivity index (χ2n) is 5.93. The molecule has 0 bridgehead atoms. The average molecular weight is 290 g/mol. The fourth-order valence-corrected chi connectivity index (χ4v) is 2.46. The van der Waals surface area contributed by atoms with Crippen LogP contribution in [0.25, 0.3) is 22.0 Å². The molecule has 0 saturated heterocycles. The Bertz CT molecular complexity index is 838. The van der Waals surface area contributed by atoms with Crippen LogP contribution in [0.3, 0.4) is 0 Å². The lowest BCUT2D eigenvalue weighted by Crippen LogP contribution is -2.36. The van der Waals surface area contributed by atoms with Crippen LogP contribution in [0.4, 0.5) is 0 Å². The summed E-state index contributed by atoms with van der Waals surface area (Å²) in [6.45, 7) is 3.61. The number of carbonyl (C=O) groups is 1. The zero-order valence-corrected chi connectivity index (χ0v) is 12.7. The molecule has 0 aliphatic heterocycles. The van der Waals surface area contributed by atoms with Gasteiger partial charge < -0.3 is 5.73 Å². The van der Waals surface area contributed by atoms with E-state index >= 15 is 0 Å². The van der Waals surface area contributed by atoms with Gasteiger partial charge in [-0.2, -0.15) is 0 Å². The van der Waals surface area contributed by atoms with E-state index in [1.165, 1.54) is 0 Å². The van der Waals surface area contributed by atoms with Gasteiger partial charge in [0.2, 0.25) is 5.91 Å². The van der Waals surface area contributed by atoms with Gasteiger partial charge in [0.25, 0.3) is 0 Å². The highest BCUT2D eigenvalue weighted by Gasteiger charge is 2.30. The fraction of sp³-hybridized carbons (Fsp3) is 0.158. The summed E-state index contributed by atoms with van der Waals surface area (Å²) in [5.41, 5.74) is 7.34. The summed E-state index contributed by atoms with van der Waals surface area (Å²) in [7, 11) is 0. The Kier molecular flexibility index (Phi) is 3.41. The first-order valence-electron chi connectivity index (χ1n) is 7.26. The Balaban J connectivity index is 2.33. The molecule has 3 nitrogen and oxygen atoms in total. The summed E-state index contributed by atoms with van der Waals surface area (Å²) < 4.78 is 0. The van der Waals surface area contributed by atoms with Crippen molar-refractivity contribution in [3.05, 3.63) is 66.4 Å². The second kappa shape index (κ2) is 5.26. The highest BCUT2D eigenvalue weighted by molar-refractivity contribution is 5.96. The predicted octanol–water partition coefficient (Wildman–Crippen LogP) is 3.66. The normalized spacial score (nSPS) is 11.5. The number of aromatic nitrogens is 1. The summed E-state index contributed by atoms with van der Waals surface area (Å²) in [4.78, 5) is 16.6. The molecule has 1 amide bonds. The highest BCUT2D eigenvalue weighted by Crippen LogP contribution is 2.31. The smallest absolute Gasteiger partial charge is 0.229 e. The Hall–Kier alpha value is -2.68. The first kappa shape index (κ1) is 14.3. The van der Waals surface area contributed by atoms with E-state index in [9.17, 15) is 4.79 Å². The van der Waals surface area contributed by atoms with Crippen molar-refractivity contribution in [1.82, 2.24) is 4.98 Å². The number of hydrogen-bond acceptors (Lipinski definition) is 2. The van der Waals surface area contributed by atoms with E-state index in [0.29, 0.717) is 5.69 Å². The second-order valence-corrected chi connectivity index (χ2v) is 5.93. The van der Waals surface area contributed by atoms with Crippen LogP contribution in [0, 0.1) is 0 Å². The summed E-state index contributed by atoms with van der Waals surface area (Å²) >= 11 is 0. The lowest BCUT2D eigenvalue weighted by Gasteiger charge is -2.21. The number of amides is 1. The first-order chi connectivity index (χ1) is 10.5. The number of hydrogen-bond donors (Lipinski definition) is 1. The largest absolute Gasteiger partial charge is 0.369 e. The highest BCUT2D eigenvalue weighted by atomic mass is 16.1. The molecule has 0 spiro atoms. The summed E-state index contributed by atoms with van der Waals surface area (Å²) in [6, 6.07) is 20.0. The molecule has 110 valence electrons. The number of benzene rings is 2. The molecule has 0 atom stereocenters. The molecule has 22 heavy (non-hydrogen) atoms. The van der Waals surface area contributed by atoms with Gasteiger partial charge in [-0.15, -0.1) is 0 Å². The molecule has 0 fully saturated rings. The van der Waals surface area contributed by atoms with E-state index in [2.05, 4.69) is 0 Å². The fourth-order valence-electron chi connectivity index (χ4n) is 2.46. The quantitative estimate of drug-likeness (QED) is 0.800. The van der Waals surface area contributed by atoms with E-state index in [1.54, 1.807) is 13.8 Å². The van der Waals surface area contributed by atoms with Gasteiger partial charge in [0, 0.05) is 10.9 Å². The van der Waals surface area contributed by atoms with Gasteiger partial charge >= 0.3 is 0 Å². The molecule has 0 aliphatic rings. The SMILES string of the molecule is CC(C)(C(N)=O)c1cc2ccccc2c(-c2ccccc2)n1. The van der Waals surface area contributed by atoms with Crippen molar-refractivity contribution < 1.29 is 4.79 Å². The zero-order valence-electron chi connectivity index (χ0n) is 12.7. The molecule has 0 unspecified atom stereocenters. The van der Waals surface area contributed by atoms with Gasteiger partial charge in [-0.05, 0) is 25.3 Å². The van der Waals surface area contributed by atoms with Gasteiger partial charge in [-0.1, -0.05) is 54.6 Å². The van der Waals surface area contributed by atoms with Crippen LogP contribution in [-0.4, -0.2) is 10.9 Å². The molecule has 0 aliphatic carbocycles. The third-order valence-electron chi connectivity index (χ3n) is 4.04. The maximum atomic E-state index is 11.8.